The molecule has 3 rings (SSSR count). The largest absolute Gasteiger partial charge is 0.434 e. The van der Waals surface area contributed by atoms with Gasteiger partial charge in [-0.25, -0.2) is 0 Å². The summed E-state index contributed by atoms with van der Waals surface area (Å²) in [5, 5.41) is 5.15. The van der Waals surface area contributed by atoms with Crippen molar-refractivity contribution < 1.29 is 18.3 Å². The first-order valence-corrected chi connectivity index (χ1v) is 8.60. The Morgan fingerprint density at radius 2 is 2.13 bits per heavy atom. The van der Waals surface area contributed by atoms with E-state index in [1.807, 2.05) is 17.5 Å². The first-order chi connectivity index (χ1) is 11.1. The summed E-state index contributed by atoms with van der Waals surface area (Å²) in [4.78, 5) is 13.6. The number of carbonyl (C=O) groups excluding carboxylic acids is 1. The summed E-state index contributed by atoms with van der Waals surface area (Å²) in [5.41, 5.74) is 0. The molecular formula is C15H10ClF2NO2S2. The van der Waals surface area contributed by atoms with Crippen molar-refractivity contribution in [3.05, 3.63) is 50.5 Å². The second-order valence-corrected chi connectivity index (χ2v) is 6.98. The molecule has 0 radical (unpaired) electrons. The number of carbonyl (C=O) groups is 1. The third kappa shape index (κ3) is 3.46. The summed E-state index contributed by atoms with van der Waals surface area (Å²) in [6, 6.07) is 8.50. The van der Waals surface area contributed by atoms with E-state index in [1.54, 1.807) is 12.1 Å². The van der Waals surface area contributed by atoms with E-state index in [4.69, 9.17) is 11.6 Å². The van der Waals surface area contributed by atoms with E-state index in [0.29, 0.717) is 16.6 Å². The van der Waals surface area contributed by atoms with Crippen LogP contribution in [0.5, 0.6) is 5.75 Å². The van der Waals surface area contributed by atoms with E-state index >= 15 is 0 Å². The molecule has 23 heavy (non-hydrogen) atoms. The molecule has 0 aliphatic carbocycles. The summed E-state index contributed by atoms with van der Waals surface area (Å²) >= 11 is 8.90. The predicted molar refractivity (Wildman–Crippen MR) is 89.0 cm³/mol. The number of benzene rings is 1. The maximum Gasteiger partial charge on any atom is 0.387 e. The molecule has 1 aromatic carbocycles. The minimum atomic E-state index is -2.95. The van der Waals surface area contributed by atoms with Crippen molar-refractivity contribution in [1.29, 1.82) is 0 Å². The topological polar surface area (TPSA) is 38.3 Å². The lowest BCUT2D eigenvalue weighted by Gasteiger charge is -2.06. The lowest BCUT2D eigenvalue weighted by Crippen LogP contribution is -2.21. The molecule has 0 aliphatic rings. The SMILES string of the molecule is O=C(NCc1cccs1)c1sc2cccc(OC(F)F)c2c1Cl. The van der Waals surface area contributed by atoms with Gasteiger partial charge in [-0.3, -0.25) is 4.79 Å². The molecule has 0 atom stereocenters. The molecule has 0 aliphatic heterocycles. The fourth-order valence-corrected chi connectivity index (χ4v) is 4.21. The summed E-state index contributed by atoms with van der Waals surface area (Å²) in [6.07, 6.45) is 0. The van der Waals surface area contributed by atoms with Gasteiger partial charge in [-0.2, -0.15) is 8.78 Å². The van der Waals surface area contributed by atoms with Gasteiger partial charge >= 0.3 is 6.61 Å². The van der Waals surface area contributed by atoms with Crippen molar-refractivity contribution in [2.24, 2.45) is 0 Å². The smallest absolute Gasteiger partial charge is 0.387 e. The van der Waals surface area contributed by atoms with E-state index < -0.39 is 6.61 Å². The van der Waals surface area contributed by atoms with E-state index in [9.17, 15) is 13.6 Å². The summed E-state index contributed by atoms with van der Waals surface area (Å²) < 4.78 is 30.1. The summed E-state index contributed by atoms with van der Waals surface area (Å²) in [5.74, 6) is -0.372. The van der Waals surface area contributed by atoms with Crippen LogP contribution in [-0.4, -0.2) is 12.5 Å². The molecule has 2 aromatic heterocycles. The highest BCUT2D eigenvalue weighted by molar-refractivity contribution is 7.21. The van der Waals surface area contributed by atoms with Crippen molar-refractivity contribution in [2.45, 2.75) is 13.2 Å². The van der Waals surface area contributed by atoms with E-state index in [0.717, 1.165) is 16.2 Å². The quantitative estimate of drug-likeness (QED) is 0.671. The second kappa shape index (κ2) is 6.82. The van der Waals surface area contributed by atoms with Crippen molar-refractivity contribution in [3.8, 4) is 5.75 Å². The number of amides is 1. The second-order valence-electron chi connectivity index (χ2n) is 4.51. The molecule has 0 saturated heterocycles. The van der Waals surface area contributed by atoms with Crippen molar-refractivity contribution in [3.63, 3.8) is 0 Å². The molecule has 0 saturated carbocycles. The van der Waals surface area contributed by atoms with Crippen LogP contribution in [0.2, 0.25) is 5.02 Å². The molecule has 8 heteroatoms. The Labute approximate surface area is 143 Å². The number of rotatable bonds is 5. The Hall–Kier alpha value is -1.70. The molecule has 3 aromatic rings. The van der Waals surface area contributed by atoms with Crippen LogP contribution in [0, 0.1) is 0 Å². The monoisotopic (exact) mass is 373 g/mol. The number of ether oxygens (including phenoxy) is 1. The molecule has 120 valence electrons. The zero-order valence-electron chi connectivity index (χ0n) is 11.5. The van der Waals surface area contributed by atoms with Gasteiger partial charge in [0.25, 0.3) is 5.91 Å². The lowest BCUT2D eigenvalue weighted by molar-refractivity contribution is -0.0487. The Morgan fingerprint density at radius 3 is 2.83 bits per heavy atom. The fourth-order valence-electron chi connectivity index (χ4n) is 2.08. The zero-order chi connectivity index (χ0) is 16.4. The Kier molecular flexibility index (Phi) is 4.79. The number of alkyl halides is 2. The third-order valence-electron chi connectivity index (χ3n) is 3.04. The molecule has 3 nitrogen and oxygen atoms in total. The van der Waals surface area contributed by atoms with Crippen LogP contribution in [0.4, 0.5) is 8.78 Å². The van der Waals surface area contributed by atoms with Crippen molar-refractivity contribution >= 4 is 50.3 Å². The van der Waals surface area contributed by atoms with E-state index in [1.165, 1.54) is 17.4 Å². The molecule has 0 bridgehead atoms. The van der Waals surface area contributed by atoms with Gasteiger partial charge in [-0.05, 0) is 23.6 Å². The average molecular weight is 374 g/mol. The molecule has 1 N–H and O–H groups in total. The highest BCUT2D eigenvalue weighted by Crippen LogP contribution is 2.41. The number of nitrogens with one attached hydrogen (secondary N) is 1. The molecule has 0 spiro atoms. The van der Waals surface area contributed by atoms with Gasteiger partial charge in [0.1, 0.15) is 10.6 Å². The number of halogens is 3. The zero-order valence-corrected chi connectivity index (χ0v) is 13.9. The van der Waals surface area contributed by atoms with Crippen LogP contribution < -0.4 is 10.1 Å². The highest BCUT2D eigenvalue weighted by atomic mass is 35.5. The fraction of sp³-hybridized carbons (Fsp3) is 0.133. The van der Waals surface area contributed by atoms with Gasteiger partial charge in [0.2, 0.25) is 0 Å². The van der Waals surface area contributed by atoms with Gasteiger partial charge in [-0.1, -0.05) is 23.7 Å². The molecule has 2 heterocycles. The predicted octanol–water partition coefficient (Wildman–Crippen LogP) is 5.15. The minimum absolute atomic E-state index is 0.0314. The van der Waals surface area contributed by atoms with Crippen LogP contribution >= 0.6 is 34.3 Å². The lowest BCUT2D eigenvalue weighted by atomic mass is 10.2. The average Bonchev–Trinajstić information content (AvgIpc) is 3.13. The van der Waals surface area contributed by atoms with Crippen LogP contribution in [0.25, 0.3) is 10.1 Å². The normalized spacial score (nSPS) is 11.1. The van der Waals surface area contributed by atoms with Gasteiger partial charge in [0, 0.05) is 9.58 Å². The van der Waals surface area contributed by atoms with Gasteiger partial charge in [0.15, 0.2) is 0 Å². The molecular weight excluding hydrogens is 364 g/mol. The highest BCUT2D eigenvalue weighted by Gasteiger charge is 2.21. The Bertz CT molecular complexity index is 833. The minimum Gasteiger partial charge on any atom is -0.434 e. The van der Waals surface area contributed by atoms with Gasteiger partial charge in [-0.15, -0.1) is 22.7 Å². The van der Waals surface area contributed by atoms with Crippen molar-refractivity contribution in [2.75, 3.05) is 0 Å². The molecule has 0 fully saturated rings. The van der Waals surface area contributed by atoms with Crippen molar-refractivity contribution in [1.82, 2.24) is 5.32 Å². The van der Waals surface area contributed by atoms with Crippen LogP contribution in [0.3, 0.4) is 0 Å². The third-order valence-corrected chi connectivity index (χ3v) is 5.56. The first kappa shape index (κ1) is 16.2. The van der Waals surface area contributed by atoms with E-state index in [2.05, 4.69) is 10.1 Å². The number of hydrogen-bond acceptors (Lipinski definition) is 4. The number of thiophene rings is 2. The van der Waals surface area contributed by atoms with Gasteiger partial charge < -0.3 is 10.1 Å². The Balaban J connectivity index is 1.89. The van der Waals surface area contributed by atoms with E-state index in [-0.39, 0.29) is 21.6 Å². The van der Waals surface area contributed by atoms with Gasteiger partial charge in [0.05, 0.1) is 17.0 Å². The van der Waals surface area contributed by atoms with Crippen LogP contribution in [0.1, 0.15) is 14.5 Å². The van der Waals surface area contributed by atoms with Crippen LogP contribution in [-0.2, 0) is 6.54 Å². The maximum absolute atomic E-state index is 12.5. The molecule has 0 unspecified atom stereocenters. The summed E-state index contributed by atoms with van der Waals surface area (Å²) in [7, 11) is 0. The number of fused-ring (bicyclic) bond motifs is 1. The molecule has 1 amide bonds. The maximum atomic E-state index is 12.5. The van der Waals surface area contributed by atoms with Crippen LogP contribution in [0.15, 0.2) is 35.7 Å². The summed E-state index contributed by atoms with van der Waals surface area (Å²) in [6.45, 7) is -2.56. The first-order valence-electron chi connectivity index (χ1n) is 6.52. The number of hydrogen-bond donors (Lipinski definition) is 1. The standard InChI is InChI=1S/C15H10ClF2NO2S2/c16-12-11-9(21-15(17)18)4-1-5-10(11)23-13(12)14(20)19-7-8-3-2-6-22-8/h1-6,15H,7H2,(H,19,20). The Morgan fingerprint density at radius 1 is 1.30 bits per heavy atom.